The summed E-state index contributed by atoms with van der Waals surface area (Å²) >= 11 is 0. The van der Waals surface area contributed by atoms with Crippen LogP contribution in [0.5, 0.6) is 0 Å². The third kappa shape index (κ3) is 4.50. The highest BCUT2D eigenvalue weighted by Gasteiger charge is 2.37. The van der Waals surface area contributed by atoms with Crippen LogP contribution in [0.15, 0.2) is 60.2 Å². The number of hydrogen-bond acceptors (Lipinski definition) is 8. The Hall–Kier alpha value is -4.48. The maximum Gasteiger partial charge on any atom is 0.278 e. The lowest BCUT2D eigenvalue weighted by Crippen LogP contribution is -2.44. The summed E-state index contributed by atoms with van der Waals surface area (Å²) in [7, 11) is 4.21. The average Bonchev–Trinajstić information content (AvgIpc) is 3.64. The highest BCUT2D eigenvalue weighted by atomic mass is 16.3. The van der Waals surface area contributed by atoms with E-state index in [1.54, 1.807) is 21.6 Å². The zero-order valence-electron chi connectivity index (χ0n) is 24.9. The highest BCUT2D eigenvalue weighted by Crippen LogP contribution is 2.38. The van der Waals surface area contributed by atoms with Gasteiger partial charge in [0.05, 0.1) is 17.8 Å². The molecule has 1 atom stereocenters. The Labute approximate surface area is 249 Å². The zero-order valence-corrected chi connectivity index (χ0v) is 24.9. The fraction of sp³-hybridized carbons (Fsp3) is 0.375. The largest absolute Gasteiger partial charge is 0.384 e. The molecule has 4 aromatic heterocycles. The molecule has 1 aromatic carbocycles. The molecule has 0 amide bonds. The van der Waals surface area contributed by atoms with Crippen LogP contribution < -0.4 is 15.8 Å². The van der Waals surface area contributed by atoms with Gasteiger partial charge in [-0.25, -0.2) is 19.3 Å². The standard InChI is InChI=1S/C32H37N9O2/c1-5-12-40-30(42)24-20-33-31(36-29(24)41(40)27-8-7-21-9-11-32(43,6-2)28(21)35-27)34-22-18-25-23(10-13-38(25)4)26(19-22)39-16-14-37(3)15-17-39/h5,7-8,10,13,18-20,43H,1,6,9,11-12,14-17H2,2-4H3,(H,33,34,36)/t32-/m1/s1. The second kappa shape index (κ2) is 10.4. The molecule has 0 radical (unpaired) electrons. The van der Waals surface area contributed by atoms with E-state index in [1.807, 2.05) is 26.1 Å². The smallest absolute Gasteiger partial charge is 0.278 e. The second-order valence-corrected chi connectivity index (χ2v) is 11.8. The molecule has 43 heavy (non-hydrogen) atoms. The van der Waals surface area contributed by atoms with Gasteiger partial charge in [-0.1, -0.05) is 19.1 Å². The number of aliphatic hydroxyl groups is 1. The van der Waals surface area contributed by atoms with Crippen LogP contribution in [-0.4, -0.2) is 72.1 Å². The van der Waals surface area contributed by atoms with E-state index in [-0.39, 0.29) is 12.1 Å². The molecule has 0 unspecified atom stereocenters. The van der Waals surface area contributed by atoms with Gasteiger partial charge in [-0.15, -0.1) is 6.58 Å². The Morgan fingerprint density at radius 3 is 2.67 bits per heavy atom. The number of rotatable bonds is 7. The Bertz CT molecular complexity index is 1930. The van der Waals surface area contributed by atoms with E-state index in [0.717, 1.165) is 49.4 Å². The SMILES string of the molecule is C=CCn1c(=O)c2cnc(Nc3cc(N4CCN(C)CC4)c4ccn(C)c4c3)nc2n1-c1ccc2c(n1)[C@@](O)(CC)CC2. The Balaban J connectivity index is 1.33. The van der Waals surface area contributed by atoms with Crippen molar-refractivity contribution in [2.75, 3.05) is 43.4 Å². The van der Waals surface area contributed by atoms with Crippen LogP contribution in [0.25, 0.3) is 27.8 Å². The average molecular weight is 580 g/mol. The van der Waals surface area contributed by atoms with Crippen molar-refractivity contribution in [2.24, 2.45) is 7.05 Å². The topological polar surface area (TPSA) is 109 Å². The van der Waals surface area contributed by atoms with Crippen LogP contribution in [0, 0.1) is 0 Å². The molecule has 0 spiro atoms. The summed E-state index contributed by atoms with van der Waals surface area (Å²) in [6.07, 6.45) is 7.31. The number of fused-ring (bicyclic) bond motifs is 3. The minimum absolute atomic E-state index is 0.225. The molecular weight excluding hydrogens is 542 g/mol. The number of piperazine rings is 1. The van der Waals surface area contributed by atoms with Crippen molar-refractivity contribution in [2.45, 2.75) is 38.3 Å². The molecule has 2 aliphatic rings. The molecule has 0 bridgehead atoms. The molecule has 0 saturated carbocycles. The molecule has 5 heterocycles. The van der Waals surface area contributed by atoms with Crippen molar-refractivity contribution < 1.29 is 5.11 Å². The van der Waals surface area contributed by atoms with Gasteiger partial charge in [0.15, 0.2) is 11.5 Å². The molecule has 1 aliphatic carbocycles. The summed E-state index contributed by atoms with van der Waals surface area (Å²) in [5.41, 5.74) is 4.10. The molecule has 11 heteroatoms. The summed E-state index contributed by atoms with van der Waals surface area (Å²) in [4.78, 5) is 32.6. The zero-order chi connectivity index (χ0) is 29.9. The number of nitrogens with zero attached hydrogens (tertiary/aromatic N) is 8. The summed E-state index contributed by atoms with van der Waals surface area (Å²) in [5.74, 6) is 0.898. The first-order valence-electron chi connectivity index (χ1n) is 14.9. The predicted molar refractivity (Wildman–Crippen MR) is 170 cm³/mol. The minimum Gasteiger partial charge on any atom is -0.384 e. The first-order chi connectivity index (χ1) is 20.8. The van der Waals surface area contributed by atoms with Crippen LogP contribution in [-0.2, 0) is 25.6 Å². The number of nitrogens with one attached hydrogen (secondary N) is 1. The molecule has 7 rings (SSSR count). The van der Waals surface area contributed by atoms with Gasteiger partial charge in [0.1, 0.15) is 11.0 Å². The number of benzene rings is 1. The van der Waals surface area contributed by atoms with Crippen molar-refractivity contribution >= 4 is 39.3 Å². The molecule has 5 aromatic rings. The van der Waals surface area contributed by atoms with Crippen molar-refractivity contribution in [1.29, 1.82) is 0 Å². The maximum absolute atomic E-state index is 13.5. The van der Waals surface area contributed by atoms with Crippen LogP contribution in [0.3, 0.4) is 0 Å². The molecule has 11 nitrogen and oxygen atoms in total. The van der Waals surface area contributed by atoms with Gasteiger partial charge in [-0.2, -0.15) is 4.98 Å². The quantitative estimate of drug-likeness (QED) is 0.281. The Kier molecular flexibility index (Phi) is 6.59. The summed E-state index contributed by atoms with van der Waals surface area (Å²) in [5, 5.41) is 16.2. The molecule has 1 saturated heterocycles. The molecule has 2 N–H and O–H groups in total. The summed E-state index contributed by atoms with van der Waals surface area (Å²) < 4.78 is 5.40. The molecule has 1 aliphatic heterocycles. The Morgan fingerprint density at radius 2 is 1.91 bits per heavy atom. The van der Waals surface area contributed by atoms with Crippen LogP contribution >= 0.6 is 0 Å². The maximum atomic E-state index is 13.5. The molecular formula is C32H37N9O2. The van der Waals surface area contributed by atoms with Gasteiger partial charge in [-0.3, -0.25) is 4.79 Å². The third-order valence-electron chi connectivity index (χ3n) is 9.07. The van der Waals surface area contributed by atoms with E-state index in [1.165, 1.54) is 11.1 Å². The fourth-order valence-corrected chi connectivity index (χ4v) is 6.48. The van der Waals surface area contributed by atoms with Crippen molar-refractivity contribution in [3.63, 3.8) is 0 Å². The van der Waals surface area contributed by atoms with E-state index < -0.39 is 5.60 Å². The Morgan fingerprint density at radius 1 is 1.09 bits per heavy atom. The summed E-state index contributed by atoms with van der Waals surface area (Å²) in [6.45, 7) is 10.0. The van der Waals surface area contributed by atoms with E-state index in [4.69, 9.17) is 9.97 Å². The van der Waals surface area contributed by atoms with E-state index in [0.29, 0.717) is 41.3 Å². The fourth-order valence-electron chi connectivity index (χ4n) is 6.48. The van der Waals surface area contributed by atoms with Gasteiger partial charge >= 0.3 is 0 Å². The van der Waals surface area contributed by atoms with E-state index in [9.17, 15) is 9.90 Å². The van der Waals surface area contributed by atoms with E-state index >= 15 is 0 Å². The molecule has 1 fully saturated rings. The van der Waals surface area contributed by atoms with E-state index in [2.05, 4.69) is 62.7 Å². The number of hydrogen-bond donors (Lipinski definition) is 2. The second-order valence-electron chi connectivity index (χ2n) is 11.8. The first kappa shape index (κ1) is 27.4. The lowest BCUT2D eigenvalue weighted by molar-refractivity contribution is 0.0306. The van der Waals surface area contributed by atoms with Crippen molar-refractivity contribution in [3.8, 4) is 5.82 Å². The number of aromatic nitrogens is 6. The van der Waals surface area contributed by atoms with Crippen molar-refractivity contribution in [1.82, 2.24) is 33.8 Å². The third-order valence-corrected chi connectivity index (χ3v) is 9.07. The molecule has 222 valence electrons. The lowest BCUT2D eigenvalue weighted by atomic mass is 9.98. The first-order valence-corrected chi connectivity index (χ1v) is 14.9. The monoisotopic (exact) mass is 579 g/mol. The van der Waals surface area contributed by atoms with Gasteiger partial charge in [-0.05, 0) is 56.1 Å². The number of allylic oxidation sites excluding steroid dienone is 1. The number of pyridine rings is 1. The number of anilines is 3. The highest BCUT2D eigenvalue weighted by molar-refractivity contribution is 5.96. The lowest BCUT2D eigenvalue weighted by Gasteiger charge is -2.34. The predicted octanol–water partition coefficient (Wildman–Crippen LogP) is 3.69. The number of aryl methyl sites for hydroxylation is 2. The van der Waals surface area contributed by atoms with Crippen LogP contribution in [0.1, 0.15) is 31.0 Å². The van der Waals surface area contributed by atoms with Gasteiger partial charge in [0.25, 0.3) is 5.56 Å². The van der Waals surface area contributed by atoms with Gasteiger partial charge in [0.2, 0.25) is 5.95 Å². The van der Waals surface area contributed by atoms with Crippen LogP contribution in [0.4, 0.5) is 17.3 Å². The normalized spacial score (nSPS) is 18.9. The summed E-state index contributed by atoms with van der Waals surface area (Å²) in [6, 6.07) is 10.3. The van der Waals surface area contributed by atoms with Gasteiger partial charge in [0, 0.05) is 62.4 Å². The van der Waals surface area contributed by atoms with Crippen molar-refractivity contribution in [3.05, 3.63) is 77.0 Å². The minimum atomic E-state index is -0.976. The van der Waals surface area contributed by atoms with Gasteiger partial charge < -0.3 is 24.8 Å². The van der Waals surface area contributed by atoms with Crippen LogP contribution in [0.2, 0.25) is 0 Å². The number of likely N-dealkylation sites (N-methyl/N-ethyl adjacent to an activating group) is 1.